The first kappa shape index (κ1) is 17.4. The van der Waals surface area contributed by atoms with Crippen LogP contribution >= 0.6 is 0 Å². The van der Waals surface area contributed by atoms with Crippen LogP contribution in [-0.2, 0) is 21.9 Å². The van der Waals surface area contributed by atoms with Gasteiger partial charge in [-0.15, -0.1) is 0 Å². The van der Waals surface area contributed by atoms with Gasteiger partial charge in [-0.1, -0.05) is 0 Å². The molecule has 0 aliphatic heterocycles. The Morgan fingerprint density at radius 2 is 1.81 bits per heavy atom. The Morgan fingerprint density at radius 3 is 2.10 bits per heavy atom. The van der Waals surface area contributed by atoms with Gasteiger partial charge in [-0.3, -0.25) is 4.68 Å². The average molecular weight is 329 g/mol. The summed E-state index contributed by atoms with van der Waals surface area (Å²) in [5.74, 6) is -2.35. The van der Waals surface area contributed by atoms with Crippen LogP contribution in [0.4, 0.5) is 13.2 Å². The van der Waals surface area contributed by atoms with E-state index < -0.39 is 32.6 Å². The summed E-state index contributed by atoms with van der Waals surface area (Å²) in [6, 6.07) is 0. The molecule has 0 fully saturated rings. The zero-order chi connectivity index (χ0) is 16.8. The van der Waals surface area contributed by atoms with Gasteiger partial charge >= 0.3 is 12.1 Å². The maximum atomic E-state index is 12.9. The van der Waals surface area contributed by atoms with E-state index in [1.807, 2.05) is 0 Å². The third-order valence-electron chi connectivity index (χ3n) is 3.04. The number of hydrogen-bond donors (Lipinski definition) is 2. The predicted molar refractivity (Wildman–Crippen MR) is 65.1 cm³/mol. The largest absolute Gasteiger partial charge is 0.480 e. The van der Waals surface area contributed by atoms with Gasteiger partial charge in [0.05, 0.1) is 11.4 Å². The number of nitrogens with one attached hydrogen (secondary N) is 1. The second kappa shape index (κ2) is 4.98. The number of halogens is 3. The van der Waals surface area contributed by atoms with Crippen molar-refractivity contribution < 1.29 is 31.5 Å². The molecular weight excluding hydrogens is 315 g/mol. The Morgan fingerprint density at radius 1 is 1.33 bits per heavy atom. The third kappa shape index (κ3) is 2.88. The van der Waals surface area contributed by atoms with Crippen molar-refractivity contribution in [1.82, 2.24) is 14.5 Å². The minimum Gasteiger partial charge on any atom is -0.480 e. The lowest BCUT2D eigenvalue weighted by molar-refractivity contribution is -0.201. The van der Waals surface area contributed by atoms with Crippen molar-refractivity contribution >= 4 is 16.0 Å². The smallest absolute Gasteiger partial charge is 0.418 e. The third-order valence-corrected chi connectivity index (χ3v) is 4.85. The van der Waals surface area contributed by atoms with Gasteiger partial charge < -0.3 is 5.11 Å². The summed E-state index contributed by atoms with van der Waals surface area (Å²) in [6.07, 6.45) is -5.31. The summed E-state index contributed by atoms with van der Waals surface area (Å²) in [6.45, 7) is 2.89. The van der Waals surface area contributed by atoms with E-state index in [1.165, 1.54) is 30.3 Å². The lowest BCUT2D eigenvalue weighted by Gasteiger charge is -2.28. The van der Waals surface area contributed by atoms with E-state index in [4.69, 9.17) is 5.11 Å². The molecule has 0 aliphatic rings. The second-order valence-corrected chi connectivity index (χ2v) is 6.28. The lowest BCUT2D eigenvalue weighted by atomic mass is 10.0. The first-order valence-electron chi connectivity index (χ1n) is 5.58. The monoisotopic (exact) mass is 329 g/mol. The minimum absolute atomic E-state index is 0.0302. The molecule has 11 heteroatoms. The van der Waals surface area contributed by atoms with Gasteiger partial charge in [-0.05, 0) is 20.8 Å². The van der Waals surface area contributed by atoms with Crippen molar-refractivity contribution in [3.05, 3.63) is 11.4 Å². The zero-order valence-corrected chi connectivity index (χ0v) is 12.4. The molecule has 21 heavy (non-hydrogen) atoms. The van der Waals surface area contributed by atoms with E-state index in [0.717, 1.165) is 0 Å². The number of nitrogens with zero attached hydrogens (tertiary/aromatic N) is 2. The van der Waals surface area contributed by atoms with E-state index in [2.05, 4.69) is 5.10 Å². The van der Waals surface area contributed by atoms with Gasteiger partial charge in [0.15, 0.2) is 0 Å². The number of carbonyl (C=O) groups is 1. The molecule has 1 aromatic heterocycles. The van der Waals surface area contributed by atoms with Crippen molar-refractivity contribution in [3.63, 3.8) is 0 Å². The highest BCUT2D eigenvalue weighted by Gasteiger charge is 2.59. The maximum absolute atomic E-state index is 12.9. The number of sulfonamides is 1. The normalized spacial score (nSPS) is 15.8. The molecule has 0 radical (unpaired) electrons. The molecule has 0 saturated carbocycles. The Labute approximate surface area is 118 Å². The van der Waals surface area contributed by atoms with Gasteiger partial charge in [0.2, 0.25) is 15.6 Å². The standard InChI is InChI=1S/C10H14F3N3O4S/c1-5-7(6(2)16(4)14-5)21(19,20)15-9(3,8(17)18)10(11,12)13/h15H,1-4H3,(H,17,18). The van der Waals surface area contributed by atoms with Crippen LogP contribution in [0.1, 0.15) is 18.3 Å². The molecule has 2 N–H and O–H groups in total. The van der Waals surface area contributed by atoms with E-state index in [9.17, 15) is 26.4 Å². The van der Waals surface area contributed by atoms with Crippen LogP contribution in [-0.4, -0.2) is 41.0 Å². The topological polar surface area (TPSA) is 101 Å². The number of hydrogen-bond acceptors (Lipinski definition) is 4. The number of aromatic nitrogens is 2. The fourth-order valence-corrected chi connectivity index (χ4v) is 3.48. The number of carboxylic acids is 1. The zero-order valence-electron chi connectivity index (χ0n) is 11.6. The highest BCUT2D eigenvalue weighted by atomic mass is 32.2. The number of carboxylic acid groups (broad SMARTS) is 1. The van der Waals surface area contributed by atoms with Crippen molar-refractivity contribution in [2.75, 3.05) is 0 Å². The lowest BCUT2D eigenvalue weighted by Crippen LogP contribution is -2.61. The molecule has 0 spiro atoms. The van der Waals surface area contributed by atoms with Crippen LogP contribution in [0.15, 0.2) is 4.90 Å². The Balaban J connectivity index is 3.42. The van der Waals surface area contributed by atoms with E-state index in [-0.39, 0.29) is 18.3 Å². The summed E-state index contributed by atoms with van der Waals surface area (Å²) in [7, 11) is -3.30. The fourth-order valence-electron chi connectivity index (χ4n) is 1.69. The number of aryl methyl sites for hydroxylation is 2. The van der Waals surface area contributed by atoms with Crippen molar-refractivity contribution in [1.29, 1.82) is 0 Å². The highest BCUT2D eigenvalue weighted by molar-refractivity contribution is 7.89. The Kier molecular flexibility index (Phi) is 4.14. The predicted octanol–water partition coefficient (Wildman–Crippen LogP) is 0.721. The second-order valence-electron chi connectivity index (χ2n) is 4.66. The summed E-state index contributed by atoms with van der Waals surface area (Å²) in [5.41, 5.74) is -3.58. The number of alkyl halides is 3. The molecule has 0 saturated heterocycles. The van der Waals surface area contributed by atoms with Crippen LogP contribution in [0.25, 0.3) is 0 Å². The molecule has 1 heterocycles. The van der Waals surface area contributed by atoms with Crippen molar-refractivity contribution in [3.8, 4) is 0 Å². The van der Waals surface area contributed by atoms with Gasteiger partial charge in [0.25, 0.3) is 0 Å². The average Bonchev–Trinajstić information content (AvgIpc) is 2.50. The number of aliphatic carboxylic acids is 1. The fraction of sp³-hybridized carbons (Fsp3) is 0.600. The summed E-state index contributed by atoms with van der Waals surface area (Å²) in [5, 5.41) is 12.5. The Bertz CT molecular complexity index is 680. The molecule has 0 amide bonds. The van der Waals surface area contributed by atoms with Crippen LogP contribution in [0, 0.1) is 13.8 Å². The first-order chi connectivity index (χ1) is 9.24. The number of rotatable bonds is 4. The summed E-state index contributed by atoms with van der Waals surface area (Å²) < 4.78 is 65.3. The van der Waals surface area contributed by atoms with Gasteiger partial charge in [-0.2, -0.15) is 23.0 Å². The molecule has 1 unspecified atom stereocenters. The van der Waals surface area contributed by atoms with Crippen LogP contribution in [0.5, 0.6) is 0 Å². The molecule has 0 aliphatic carbocycles. The van der Waals surface area contributed by atoms with Crippen LogP contribution in [0.2, 0.25) is 0 Å². The highest BCUT2D eigenvalue weighted by Crippen LogP contribution is 2.32. The van der Waals surface area contributed by atoms with Gasteiger partial charge in [-0.25, -0.2) is 13.2 Å². The van der Waals surface area contributed by atoms with Crippen LogP contribution < -0.4 is 4.72 Å². The van der Waals surface area contributed by atoms with E-state index >= 15 is 0 Å². The first-order valence-corrected chi connectivity index (χ1v) is 7.06. The Hall–Kier alpha value is -1.62. The van der Waals surface area contributed by atoms with Crippen molar-refractivity contribution in [2.24, 2.45) is 7.05 Å². The molecule has 1 aromatic rings. The molecule has 0 bridgehead atoms. The quantitative estimate of drug-likeness (QED) is 0.847. The summed E-state index contributed by atoms with van der Waals surface area (Å²) >= 11 is 0. The molecule has 1 rings (SSSR count). The SMILES string of the molecule is Cc1nn(C)c(C)c1S(=O)(=O)NC(C)(C(=O)O)C(F)(F)F. The molecular formula is C10H14F3N3O4S. The maximum Gasteiger partial charge on any atom is 0.418 e. The van der Waals surface area contributed by atoms with Crippen LogP contribution in [0.3, 0.4) is 0 Å². The van der Waals surface area contributed by atoms with E-state index in [0.29, 0.717) is 0 Å². The minimum atomic E-state index is -5.31. The van der Waals surface area contributed by atoms with Gasteiger partial charge in [0.1, 0.15) is 4.90 Å². The molecule has 7 nitrogen and oxygen atoms in total. The summed E-state index contributed by atoms with van der Waals surface area (Å²) in [4.78, 5) is 10.4. The van der Waals surface area contributed by atoms with E-state index in [1.54, 1.807) is 0 Å². The molecule has 120 valence electrons. The molecule has 1 atom stereocenters. The van der Waals surface area contributed by atoms with Gasteiger partial charge in [0, 0.05) is 7.05 Å². The van der Waals surface area contributed by atoms with Crippen molar-refractivity contribution in [2.45, 2.75) is 37.4 Å². The molecule has 0 aromatic carbocycles.